The standard InChI is InChI=1S/C25H23N7O/c33-25(15-4-2-1-3-5-15)29-19-8-16(11-27-14-19)17-9-20-23(31-32-24(20)28-13-17)22-10-18-12-26-7-6-21(18)30-22/h6-15,30H,1-5H2,(H,29,33)(H,28,31,32). The summed E-state index contributed by atoms with van der Waals surface area (Å²) < 4.78 is 0. The zero-order valence-corrected chi connectivity index (χ0v) is 18.0. The predicted molar refractivity (Wildman–Crippen MR) is 127 cm³/mol. The van der Waals surface area contributed by atoms with E-state index in [0.29, 0.717) is 11.3 Å². The normalized spacial score (nSPS) is 14.7. The Balaban J connectivity index is 1.32. The molecule has 33 heavy (non-hydrogen) atoms. The summed E-state index contributed by atoms with van der Waals surface area (Å²) in [5.74, 6) is 0.188. The van der Waals surface area contributed by atoms with Gasteiger partial charge in [0.1, 0.15) is 5.69 Å². The number of pyridine rings is 3. The van der Waals surface area contributed by atoms with Crippen molar-refractivity contribution in [3.8, 4) is 22.5 Å². The van der Waals surface area contributed by atoms with Crippen molar-refractivity contribution in [3.05, 3.63) is 55.2 Å². The highest BCUT2D eigenvalue weighted by atomic mass is 16.1. The number of hydrogen-bond donors (Lipinski definition) is 3. The molecule has 5 aromatic heterocycles. The summed E-state index contributed by atoms with van der Waals surface area (Å²) >= 11 is 0. The topological polar surface area (TPSA) is 112 Å². The van der Waals surface area contributed by atoms with Gasteiger partial charge in [-0.05, 0) is 37.1 Å². The van der Waals surface area contributed by atoms with E-state index in [0.717, 1.165) is 64.5 Å². The van der Waals surface area contributed by atoms with Crippen LogP contribution in [0.1, 0.15) is 32.1 Å². The summed E-state index contributed by atoms with van der Waals surface area (Å²) in [6.45, 7) is 0. The molecule has 1 aliphatic rings. The first-order valence-corrected chi connectivity index (χ1v) is 11.3. The van der Waals surface area contributed by atoms with Gasteiger partial charge in [-0.3, -0.25) is 19.9 Å². The number of anilines is 1. The molecular formula is C25H23N7O. The second-order valence-corrected chi connectivity index (χ2v) is 8.62. The summed E-state index contributed by atoms with van der Waals surface area (Å²) in [6, 6.07) is 7.98. The molecule has 5 aromatic rings. The van der Waals surface area contributed by atoms with Crippen LogP contribution in [0.4, 0.5) is 5.69 Å². The molecule has 3 N–H and O–H groups in total. The summed E-state index contributed by atoms with van der Waals surface area (Å²) in [7, 11) is 0. The average molecular weight is 438 g/mol. The molecule has 0 atom stereocenters. The number of hydrogen-bond acceptors (Lipinski definition) is 5. The number of aromatic amines is 2. The minimum Gasteiger partial charge on any atom is -0.353 e. The van der Waals surface area contributed by atoms with Crippen molar-refractivity contribution in [2.24, 2.45) is 5.92 Å². The highest BCUT2D eigenvalue weighted by Crippen LogP contribution is 2.31. The molecule has 8 nitrogen and oxygen atoms in total. The van der Waals surface area contributed by atoms with Gasteiger partial charge < -0.3 is 10.3 Å². The lowest BCUT2D eigenvalue weighted by molar-refractivity contribution is -0.120. The summed E-state index contributed by atoms with van der Waals surface area (Å²) in [5, 5.41) is 12.5. The Bertz CT molecular complexity index is 1430. The van der Waals surface area contributed by atoms with Crippen LogP contribution in [0.2, 0.25) is 0 Å². The lowest BCUT2D eigenvalue weighted by Gasteiger charge is -2.20. The van der Waals surface area contributed by atoms with Crippen molar-refractivity contribution in [3.63, 3.8) is 0 Å². The van der Waals surface area contributed by atoms with Gasteiger partial charge in [-0.1, -0.05) is 19.3 Å². The van der Waals surface area contributed by atoms with Gasteiger partial charge >= 0.3 is 0 Å². The summed E-state index contributed by atoms with van der Waals surface area (Å²) in [5.41, 5.74) is 5.91. The van der Waals surface area contributed by atoms with Gasteiger partial charge in [0.25, 0.3) is 0 Å². The summed E-state index contributed by atoms with van der Waals surface area (Å²) in [4.78, 5) is 29.2. The largest absolute Gasteiger partial charge is 0.353 e. The van der Waals surface area contributed by atoms with Crippen LogP contribution in [0.15, 0.2) is 55.2 Å². The maximum Gasteiger partial charge on any atom is 0.227 e. The fraction of sp³-hybridized carbons (Fsp3) is 0.240. The van der Waals surface area contributed by atoms with Gasteiger partial charge in [0.15, 0.2) is 5.65 Å². The zero-order chi connectivity index (χ0) is 22.2. The van der Waals surface area contributed by atoms with E-state index in [1.807, 2.05) is 24.4 Å². The van der Waals surface area contributed by atoms with E-state index in [1.165, 1.54) is 6.42 Å². The molecule has 0 radical (unpaired) electrons. The molecule has 0 aliphatic heterocycles. The molecule has 0 unspecified atom stereocenters. The Kier molecular flexibility index (Phi) is 4.83. The van der Waals surface area contributed by atoms with Crippen LogP contribution in [-0.4, -0.2) is 36.0 Å². The first-order chi connectivity index (χ1) is 16.2. The quantitative estimate of drug-likeness (QED) is 0.363. The first kappa shape index (κ1) is 19.6. The van der Waals surface area contributed by atoms with Crippen LogP contribution < -0.4 is 5.32 Å². The van der Waals surface area contributed by atoms with E-state index in [4.69, 9.17) is 0 Å². The van der Waals surface area contributed by atoms with E-state index in [1.54, 1.807) is 24.8 Å². The number of aromatic nitrogens is 6. The van der Waals surface area contributed by atoms with Crippen molar-refractivity contribution >= 4 is 33.5 Å². The van der Waals surface area contributed by atoms with Gasteiger partial charge in [0.05, 0.1) is 17.6 Å². The second kappa shape index (κ2) is 8.12. The van der Waals surface area contributed by atoms with Crippen molar-refractivity contribution in [2.45, 2.75) is 32.1 Å². The Hall–Kier alpha value is -4.07. The SMILES string of the molecule is O=C(Nc1cncc(-c2cnc3[nH]nc(-c4cc5cnccc5[nH]4)c3c2)c1)C1CCCCC1. The van der Waals surface area contributed by atoms with E-state index >= 15 is 0 Å². The monoisotopic (exact) mass is 437 g/mol. The molecule has 6 rings (SSSR count). The lowest BCUT2D eigenvalue weighted by Crippen LogP contribution is -2.24. The van der Waals surface area contributed by atoms with Crippen molar-refractivity contribution in [1.82, 2.24) is 30.1 Å². The number of carbonyl (C=O) groups is 1. The molecule has 0 aromatic carbocycles. The number of nitrogens with one attached hydrogen (secondary N) is 3. The fourth-order valence-corrected chi connectivity index (χ4v) is 4.64. The van der Waals surface area contributed by atoms with Gasteiger partial charge in [0.2, 0.25) is 5.91 Å². The minimum absolute atomic E-state index is 0.0904. The maximum atomic E-state index is 12.7. The number of nitrogens with zero attached hydrogens (tertiary/aromatic N) is 4. The van der Waals surface area contributed by atoms with E-state index in [2.05, 4.69) is 41.5 Å². The minimum atomic E-state index is 0.0904. The van der Waals surface area contributed by atoms with Crippen LogP contribution in [0.5, 0.6) is 0 Å². The zero-order valence-electron chi connectivity index (χ0n) is 18.0. The number of amides is 1. The summed E-state index contributed by atoms with van der Waals surface area (Å²) in [6.07, 6.45) is 14.3. The van der Waals surface area contributed by atoms with Crippen molar-refractivity contribution < 1.29 is 4.79 Å². The Morgan fingerprint density at radius 1 is 0.970 bits per heavy atom. The fourth-order valence-electron chi connectivity index (χ4n) is 4.64. The van der Waals surface area contributed by atoms with Crippen LogP contribution in [-0.2, 0) is 4.79 Å². The molecule has 0 spiro atoms. The average Bonchev–Trinajstić information content (AvgIpc) is 3.48. The second-order valence-electron chi connectivity index (χ2n) is 8.62. The van der Waals surface area contributed by atoms with Gasteiger partial charge in [-0.2, -0.15) is 5.10 Å². The molecular weight excluding hydrogens is 414 g/mol. The third kappa shape index (κ3) is 3.73. The molecule has 1 amide bonds. The highest BCUT2D eigenvalue weighted by molar-refractivity contribution is 5.96. The van der Waals surface area contributed by atoms with E-state index < -0.39 is 0 Å². The first-order valence-electron chi connectivity index (χ1n) is 11.3. The molecule has 1 fully saturated rings. The molecule has 164 valence electrons. The number of carbonyl (C=O) groups excluding carboxylic acids is 1. The molecule has 0 saturated heterocycles. The van der Waals surface area contributed by atoms with Gasteiger partial charge in [-0.25, -0.2) is 4.98 Å². The number of fused-ring (bicyclic) bond motifs is 2. The predicted octanol–water partition coefficient (Wildman–Crippen LogP) is 5.08. The highest BCUT2D eigenvalue weighted by Gasteiger charge is 2.21. The third-order valence-electron chi connectivity index (χ3n) is 6.41. The number of rotatable bonds is 4. The van der Waals surface area contributed by atoms with Crippen LogP contribution in [0.25, 0.3) is 44.5 Å². The van der Waals surface area contributed by atoms with E-state index in [-0.39, 0.29) is 11.8 Å². The Morgan fingerprint density at radius 2 is 1.85 bits per heavy atom. The molecule has 0 bridgehead atoms. The lowest BCUT2D eigenvalue weighted by atomic mass is 9.88. The van der Waals surface area contributed by atoms with E-state index in [9.17, 15) is 4.79 Å². The van der Waals surface area contributed by atoms with Gasteiger partial charge in [0, 0.05) is 58.1 Å². The Labute approximate surface area is 189 Å². The maximum absolute atomic E-state index is 12.7. The van der Waals surface area contributed by atoms with Crippen LogP contribution in [0.3, 0.4) is 0 Å². The van der Waals surface area contributed by atoms with Crippen molar-refractivity contribution in [2.75, 3.05) is 5.32 Å². The van der Waals surface area contributed by atoms with Crippen LogP contribution in [0, 0.1) is 5.92 Å². The Morgan fingerprint density at radius 3 is 2.73 bits per heavy atom. The van der Waals surface area contributed by atoms with Crippen molar-refractivity contribution in [1.29, 1.82) is 0 Å². The number of H-pyrrole nitrogens is 2. The van der Waals surface area contributed by atoms with Gasteiger partial charge in [-0.15, -0.1) is 0 Å². The molecule has 1 aliphatic carbocycles. The molecule has 8 heteroatoms. The third-order valence-corrected chi connectivity index (χ3v) is 6.41. The smallest absolute Gasteiger partial charge is 0.227 e. The molecule has 5 heterocycles. The van der Waals surface area contributed by atoms with Crippen LogP contribution >= 0.6 is 0 Å². The molecule has 1 saturated carbocycles.